The highest BCUT2D eigenvalue weighted by atomic mass is 19.3. The van der Waals surface area contributed by atoms with Crippen molar-refractivity contribution in [3.63, 3.8) is 0 Å². The summed E-state index contributed by atoms with van der Waals surface area (Å²) < 4.78 is 27.5. The molecule has 43 heavy (non-hydrogen) atoms. The van der Waals surface area contributed by atoms with Crippen molar-refractivity contribution in [3.8, 4) is 11.1 Å². The van der Waals surface area contributed by atoms with Crippen LogP contribution < -0.4 is 22.1 Å². The maximum Gasteiger partial charge on any atom is 0.262 e. The van der Waals surface area contributed by atoms with Crippen molar-refractivity contribution in [2.45, 2.75) is 63.8 Å². The van der Waals surface area contributed by atoms with E-state index in [1.807, 2.05) is 62.4 Å². The zero-order valence-electron chi connectivity index (χ0n) is 25.5. The van der Waals surface area contributed by atoms with Crippen molar-refractivity contribution in [2.24, 2.45) is 11.5 Å². The fourth-order valence-corrected chi connectivity index (χ4v) is 5.96. The zero-order chi connectivity index (χ0) is 31.6. The van der Waals surface area contributed by atoms with Gasteiger partial charge in [-0.25, -0.2) is 8.78 Å². The number of unbranched alkanes of at least 4 members (excludes halogenated alkanes) is 1. The second-order valence-electron chi connectivity index (χ2n) is 11.0. The van der Waals surface area contributed by atoms with Gasteiger partial charge in [0.25, 0.3) is 11.8 Å². The number of likely N-dealkylation sites (tertiary alicyclic amines) is 1. The number of nitrogens with one attached hydrogen (secondary N) is 2. The van der Waals surface area contributed by atoms with E-state index in [2.05, 4.69) is 22.1 Å². The summed E-state index contributed by atoms with van der Waals surface area (Å²) in [5, 5.41) is 5.58. The van der Waals surface area contributed by atoms with Crippen LogP contribution in [0, 0.1) is 0 Å². The van der Waals surface area contributed by atoms with Crippen molar-refractivity contribution >= 4 is 11.8 Å². The molecular weight excluding hydrogens is 548 g/mol. The Kier molecular flexibility index (Phi) is 11.7. The predicted molar refractivity (Wildman–Crippen MR) is 169 cm³/mol. The van der Waals surface area contributed by atoms with Crippen LogP contribution in [0.15, 0.2) is 84.7 Å². The van der Waals surface area contributed by atoms with Gasteiger partial charge >= 0.3 is 0 Å². The van der Waals surface area contributed by atoms with Crippen LogP contribution >= 0.6 is 0 Å². The first-order valence-electron chi connectivity index (χ1n) is 15.0. The Morgan fingerprint density at radius 2 is 1.70 bits per heavy atom. The molecule has 1 heterocycles. The molecule has 0 saturated carbocycles. The molecule has 0 spiro atoms. The number of halogens is 2. The molecule has 7 nitrogen and oxygen atoms in total. The third-order valence-electron chi connectivity index (χ3n) is 7.86. The van der Waals surface area contributed by atoms with Crippen molar-refractivity contribution in [2.75, 3.05) is 26.2 Å². The topological polar surface area (TPSA) is 113 Å². The minimum absolute atomic E-state index is 0.0199. The second-order valence-corrected chi connectivity index (χ2v) is 11.0. The van der Waals surface area contributed by atoms with E-state index < -0.39 is 23.8 Å². The van der Waals surface area contributed by atoms with E-state index in [4.69, 9.17) is 11.5 Å². The molecule has 1 saturated heterocycles. The van der Waals surface area contributed by atoms with Crippen molar-refractivity contribution in [1.29, 1.82) is 0 Å². The number of amides is 2. The molecule has 2 aliphatic rings. The van der Waals surface area contributed by atoms with Gasteiger partial charge in [-0.1, -0.05) is 75.4 Å². The van der Waals surface area contributed by atoms with E-state index in [-0.39, 0.29) is 23.2 Å². The number of benzene rings is 2. The van der Waals surface area contributed by atoms with Crippen molar-refractivity contribution in [3.05, 3.63) is 95.9 Å². The van der Waals surface area contributed by atoms with E-state index in [0.29, 0.717) is 13.0 Å². The Bertz CT molecular complexity index is 1300. The van der Waals surface area contributed by atoms with Gasteiger partial charge in [0, 0.05) is 31.8 Å². The van der Waals surface area contributed by atoms with Gasteiger partial charge in [0.1, 0.15) is 5.41 Å². The first kappa shape index (κ1) is 33.5. The van der Waals surface area contributed by atoms with Crippen molar-refractivity contribution in [1.82, 2.24) is 15.5 Å². The molecule has 2 amide bonds. The lowest BCUT2D eigenvalue weighted by Crippen LogP contribution is -2.47. The summed E-state index contributed by atoms with van der Waals surface area (Å²) in [6.45, 7) is 10.1. The van der Waals surface area contributed by atoms with Crippen LogP contribution in [0.1, 0.15) is 57.6 Å². The molecule has 2 aromatic rings. The lowest BCUT2D eigenvalue weighted by molar-refractivity contribution is -0.127. The summed E-state index contributed by atoms with van der Waals surface area (Å²) in [5.41, 5.74) is 14.2. The number of carbonyl (C=O) groups excluding carboxylic acids is 2. The van der Waals surface area contributed by atoms with Crippen LogP contribution in [-0.4, -0.2) is 54.9 Å². The molecule has 232 valence electrons. The van der Waals surface area contributed by atoms with Gasteiger partial charge in [-0.2, -0.15) is 0 Å². The Balaban J connectivity index is 0.00000248. The van der Waals surface area contributed by atoms with E-state index in [1.54, 1.807) is 0 Å². The number of alkyl halides is 2. The molecule has 0 aromatic heterocycles. The monoisotopic (exact) mass is 593 g/mol. The minimum Gasteiger partial charge on any atom is -0.405 e. The second kappa shape index (κ2) is 15.0. The third-order valence-corrected chi connectivity index (χ3v) is 7.86. The van der Waals surface area contributed by atoms with E-state index in [1.165, 1.54) is 18.4 Å². The van der Waals surface area contributed by atoms with Crippen LogP contribution in [0.2, 0.25) is 0 Å². The van der Waals surface area contributed by atoms with Crippen molar-refractivity contribution < 1.29 is 18.4 Å². The first-order chi connectivity index (χ1) is 20.6. The highest BCUT2D eigenvalue weighted by molar-refractivity contribution is 6.00. The summed E-state index contributed by atoms with van der Waals surface area (Å²) in [6.07, 6.45) is 7.24. The molecule has 1 aliphatic heterocycles. The van der Waals surface area contributed by atoms with E-state index in [0.717, 1.165) is 61.5 Å². The van der Waals surface area contributed by atoms with Gasteiger partial charge in [-0.05, 0) is 66.4 Å². The van der Waals surface area contributed by atoms with Gasteiger partial charge in [-0.3, -0.25) is 9.59 Å². The number of carbonyl (C=O) groups is 2. The molecule has 4 rings (SSSR count). The molecular formula is C34H45F2N5O2. The Morgan fingerprint density at radius 1 is 1.09 bits per heavy atom. The van der Waals surface area contributed by atoms with Gasteiger partial charge in [0.15, 0.2) is 0 Å². The Labute approximate surface area is 254 Å². The number of hydrogen-bond donors (Lipinski definition) is 4. The third kappa shape index (κ3) is 7.90. The fraction of sp³-hybridized carbons (Fsp3) is 0.412. The summed E-state index contributed by atoms with van der Waals surface area (Å²) in [7, 11) is 0. The molecule has 1 unspecified atom stereocenters. The highest BCUT2D eigenvalue weighted by Gasteiger charge is 2.48. The van der Waals surface area contributed by atoms with Crippen LogP contribution in [0.25, 0.3) is 11.1 Å². The summed E-state index contributed by atoms with van der Waals surface area (Å²) in [5.74, 6) is -3.69. The molecule has 9 heteroatoms. The summed E-state index contributed by atoms with van der Waals surface area (Å²) in [4.78, 5) is 28.7. The normalized spacial score (nSPS) is 17.5. The number of nitrogens with zero attached hydrogens (tertiary/aromatic N) is 1. The molecule has 1 aliphatic carbocycles. The van der Waals surface area contributed by atoms with Gasteiger partial charge < -0.3 is 27.0 Å². The number of nitrogens with two attached hydrogens (primary N) is 2. The van der Waals surface area contributed by atoms with Crippen LogP contribution in [0.5, 0.6) is 0 Å². The smallest absolute Gasteiger partial charge is 0.262 e. The van der Waals surface area contributed by atoms with Crippen LogP contribution in [-0.2, 0) is 15.0 Å². The largest absolute Gasteiger partial charge is 0.405 e. The molecule has 6 N–H and O–H groups in total. The van der Waals surface area contributed by atoms with Crippen LogP contribution in [0.3, 0.4) is 0 Å². The van der Waals surface area contributed by atoms with Gasteiger partial charge in [-0.15, -0.1) is 0 Å². The molecule has 1 fully saturated rings. The molecule has 0 bridgehead atoms. The molecule has 1 atom stereocenters. The SMILES string of the molecule is C=C(N)/C(=C\C=C/N)C(=O)NC1CCN(CCCCC2(C(=O)NCC(C)(F)F)c3ccccc3-c3ccccc32)C1.CC. The minimum atomic E-state index is -3.01. The van der Waals surface area contributed by atoms with E-state index >= 15 is 0 Å². The number of allylic oxidation sites excluding steroid dienone is 2. The number of rotatable bonds is 12. The number of fused-ring (bicyclic) bond motifs is 3. The summed E-state index contributed by atoms with van der Waals surface area (Å²) >= 11 is 0. The highest BCUT2D eigenvalue weighted by Crippen LogP contribution is 2.51. The average Bonchev–Trinajstić information content (AvgIpc) is 3.55. The number of hydrogen-bond acceptors (Lipinski definition) is 5. The standard InChI is InChI=1S/C32H39F2N5O2.C2H6/c1-22(36)24(12-9-17-35)29(40)38-23-15-19-39(20-23)18-8-7-16-32(30(41)37-21-31(2,33)34)27-13-5-3-10-25(27)26-11-4-6-14-28(26)32;1-2/h3-6,9-14,17,23H,1,7-8,15-16,18-21,35-36H2,2H3,(H,37,41)(H,38,40);1-2H3/b17-9-,24-12+;. The lowest BCUT2D eigenvalue weighted by Gasteiger charge is -2.31. The molecule has 2 aromatic carbocycles. The first-order valence-corrected chi connectivity index (χ1v) is 15.0. The average molecular weight is 594 g/mol. The zero-order valence-corrected chi connectivity index (χ0v) is 25.5. The maximum absolute atomic E-state index is 13.8. The quantitative estimate of drug-likeness (QED) is 0.158. The van der Waals surface area contributed by atoms with E-state index in [9.17, 15) is 18.4 Å². The fourth-order valence-electron chi connectivity index (χ4n) is 5.96. The molecule has 0 radical (unpaired) electrons. The maximum atomic E-state index is 13.8. The van der Waals surface area contributed by atoms with Gasteiger partial charge in [0.2, 0.25) is 5.91 Å². The van der Waals surface area contributed by atoms with Crippen LogP contribution in [0.4, 0.5) is 8.78 Å². The Hall–Kier alpha value is -3.98. The predicted octanol–water partition coefficient (Wildman–Crippen LogP) is 4.98. The summed E-state index contributed by atoms with van der Waals surface area (Å²) in [6, 6.07) is 15.5. The lowest BCUT2D eigenvalue weighted by atomic mass is 9.73. The Morgan fingerprint density at radius 3 is 2.26 bits per heavy atom. The van der Waals surface area contributed by atoms with Gasteiger partial charge in [0.05, 0.1) is 12.1 Å².